The van der Waals surface area contributed by atoms with Crippen molar-refractivity contribution in [2.75, 3.05) is 31.6 Å². The topological polar surface area (TPSA) is 67.9 Å². The SMILES string of the molecule is CC(C)Oc1ccc(NC(=O)C2(C(=O)N3CCOCC3)CC2)cc1. The Morgan fingerprint density at radius 3 is 2.33 bits per heavy atom. The maximum Gasteiger partial charge on any atom is 0.240 e. The highest BCUT2D eigenvalue weighted by Gasteiger charge is 2.58. The number of nitrogens with one attached hydrogen (secondary N) is 1. The standard InChI is InChI=1S/C18H24N2O4/c1-13(2)24-15-5-3-14(4-6-15)19-16(21)18(7-8-18)17(22)20-9-11-23-12-10-20/h3-6,13H,7-12H2,1-2H3,(H,19,21). The molecule has 1 saturated heterocycles. The van der Waals surface area contributed by atoms with Gasteiger partial charge in [-0.1, -0.05) is 0 Å². The number of benzene rings is 1. The summed E-state index contributed by atoms with van der Waals surface area (Å²) < 4.78 is 10.9. The second-order valence-electron chi connectivity index (χ2n) is 6.63. The molecule has 6 heteroatoms. The predicted molar refractivity (Wildman–Crippen MR) is 89.9 cm³/mol. The van der Waals surface area contributed by atoms with Crippen LogP contribution >= 0.6 is 0 Å². The summed E-state index contributed by atoms with van der Waals surface area (Å²) in [5.74, 6) is 0.480. The molecule has 1 saturated carbocycles. The first kappa shape index (κ1) is 16.8. The average molecular weight is 332 g/mol. The first-order valence-corrected chi connectivity index (χ1v) is 8.46. The van der Waals surface area contributed by atoms with Crippen molar-refractivity contribution in [2.24, 2.45) is 5.41 Å². The number of ether oxygens (including phenoxy) is 2. The Bertz CT molecular complexity index is 602. The Morgan fingerprint density at radius 2 is 1.79 bits per heavy atom. The highest BCUT2D eigenvalue weighted by atomic mass is 16.5. The van der Waals surface area contributed by atoms with Crippen LogP contribution in [0.1, 0.15) is 26.7 Å². The fraction of sp³-hybridized carbons (Fsp3) is 0.556. The average Bonchev–Trinajstić information content (AvgIpc) is 3.38. The van der Waals surface area contributed by atoms with Gasteiger partial charge in [0.2, 0.25) is 11.8 Å². The zero-order valence-corrected chi connectivity index (χ0v) is 14.2. The minimum atomic E-state index is -0.884. The Kier molecular flexibility index (Phi) is 4.76. The zero-order chi connectivity index (χ0) is 17.2. The minimum Gasteiger partial charge on any atom is -0.491 e. The van der Waals surface area contributed by atoms with Gasteiger partial charge in [-0.05, 0) is 51.0 Å². The summed E-state index contributed by atoms with van der Waals surface area (Å²) in [5.41, 5.74) is -0.207. The lowest BCUT2D eigenvalue weighted by Crippen LogP contribution is -2.47. The van der Waals surface area contributed by atoms with Gasteiger partial charge in [0, 0.05) is 18.8 Å². The number of amides is 2. The smallest absolute Gasteiger partial charge is 0.240 e. The zero-order valence-electron chi connectivity index (χ0n) is 14.2. The molecule has 2 aliphatic rings. The number of nitrogens with zero attached hydrogens (tertiary/aromatic N) is 1. The van der Waals surface area contributed by atoms with Crippen LogP contribution in [0.4, 0.5) is 5.69 Å². The van der Waals surface area contributed by atoms with Crippen molar-refractivity contribution in [3.05, 3.63) is 24.3 Å². The van der Waals surface area contributed by atoms with Crippen LogP contribution in [-0.4, -0.2) is 49.1 Å². The van der Waals surface area contributed by atoms with Crippen LogP contribution in [0.2, 0.25) is 0 Å². The molecular weight excluding hydrogens is 308 g/mol. The highest BCUT2D eigenvalue weighted by molar-refractivity contribution is 6.13. The molecule has 1 heterocycles. The highest BCUT2D eigenvalue weighted by Crippen LogP contribution is 2.48. The second kappa shape index (κ2) is 6.81. The van der Waals surface area contributed by atoms with Crippen molar-refractivity contribution in [2.45, 2.75) is 32.8 Å². The van der Waals surface area contributed by atoms with Gasteiger partial charge >= 0.3 is 0 Å². The van der Waals surface area contributed by atoms with Crippen molar-refractivity contribution in [1.82, 2.24) is 4.90 Å². The Hall–Kier alpha value is -2.08. The van der Waals surface area contributed by atoms with E-state index in [4.69, 9.17) is 9.47 Å². The van der Waals surface area contributed by atoms with Crippen molar-refractivity contribution < 1.29 is 19.1 Å². The first-order chi connectivity index (χ1) is 11.5. The van der Waals surface area contributed by atoms with Crippen LogP contribution in [0.3, 0.4) is 0 Å². The van der Waals surface area contributed by atoms with Crippen LogP contribution < -0.4 is 10.1 Å². The number of morpholine rings is 1. The summed E-state index contributed by atoms with van der Waals surface area (Å²) in [4.78, 5) is 27.0. The number of carbonyl (C=O) groups is 2. The van der Waals surface area contributed by atoms with Crippen LogP contribution in [0.15, 0.2) is 24.3 Å². The van der Waals surface area contributed by atoms with E-state index in [9.17, 15) is 9.59 Å². The molecular formula is C18H24N2O4. The molecule has 2 fully saturated rings. The van der Waals surface area contributed by atoms with Gasteiger partial charge in [-0.15, -0.1) is 0 Å². The lowest BCUT2D eigenvalue weighted by Gasteiger charge is -2.30. The molecule has 0 unspecified atom stereocenters. The molecule has 2 amide bonds. The molecule has 0 atom stereocenters. The Morgan fingerprint density at radius 1 is 1.17 bits per heavy atom. The molecule has 130 valence electrons. The van der Waals surface area contributed by atoms with Crippen molar-refractivity contribution in [3.8, 4) is 5.75 Å². The van der Waals surface area contributed by atoms with Crippen molar-refractivity contribution >= 4 is 17.5 Å². The molecule has 24 heavy (non-hydrogen) atoms. The Labute approximate surface area is 142 Å². The van der Waals surface area contributed by atoms with Crippen LogP contribution in [0, 0.1) is 5.41 Å². The van der Waals surface area contributed by atoms with Gasteiger partial charge in [-0.25, -0.2) is 0 Å². The van der Waals surface area contributed by atoms with E-state index in [2.05, 4.69) is 5.32 Å². The Balaban J connectivity index is 1.62. The monoisotopic (exact) mass is 332 g/mol. The van der Waals surface area contributed by atoms with E-state index in [1.54, 1.807) is 17.0 Å². The van der Waals surface area contributed by atoms with Gasteiger partial charge in [-0.3, -0.25) is 9.59 Å². The molecule has 0 spiro atoms. The predicted octanol–water partition coefficient (Wildman–Crippen LogP) is 2.05. The number of carbonyl (C=O) groups excluding carboxylic acids is 2. The van der Waals surface area contributed by atoms with E-state index in [-0.39, 0.29) is 17.9 Å². The minimum absolute atomic E-state index is 0.0666. The van der Waals surface area contributed by atoms with E-state index in [1.807, 2.05) is 26.0 Å². The number of anilines is 1. The molecule has 1 aromatic carbocycles. The summed E-state index contributed by atoms with van der Waals surface area (Å²) in [6, 6.07) is 7.23. The van der Waals surface area contributed by atoms with Gasteiger partial charge in [0.05, 0.1) is 19.3 Å². The number of hydrogen-bond acceptors (Lipinski definition) is 4. The number of rotatable bonds is 5. The third-order valence-electron chi connectivity index (χ3n) is 4.38. The van der Waals surface area contributed by atoms with E-state index in [0.29, 0.717) is 44.8 Å². The molecule has 1 aliphatic carbocycles. The lowest BCUT2D eigenvalue weighted by atomic mass is 10.0. The van der Waals surface area contributed by atoms with Gasteiger partial charge in [-0.2, -0.15) is 0 Å². The molecule has 0 radical (unpaired) electrons. The fourth-order valence-electron chi connectivity index (χ4n) is 2.87. The van der Waals surface area contributed by atoms with Crippen molar-refractivity contribution in [3.63, 3.8) is 0 Å². The van der Waals surface area contributed by atoms with E-state index in [0.717, 1.165) is 5.75 Å². The third kappa shape index (κ3) is 3.53. The first-order valence-electron chi connectivity index (χ1n) is 8.46. The van der Waals surface area contributed by atoms with Gasteiger partial charge in [0.1, 0.15) is 11.2 Å². The largest absolute Gasteiger partial charge is 0.491 e. The summed E-state index contributed by atoms with van der Waals surface area (Å²) in [6.07, 6.45) is 1.33. The van der Waals surface area contributed by atoms with E-state index in [1.165, 1.54) is 0 Å². The normalized spacial score (nSPS) is 19.0. The van der Waals surface area contributed by atoms with Crippen LogP contribution in [0.5, 0.6) is 5.75 Å². The fourth-order valence-corrected chi connectivity index (χ4v) is 2.87. The molecule has 0 bridgehead atoms. The van der Waals surface area contributed by atoms with Crippen molar-refractivity contribution in [1.29, 1.82) is 0 Å². The van der Waals surface area contributed by atoms with E-state index < -0.39 is 5.41 Å². The van der Waals surface area contributed by atoms with Crippen LogP contribution in [0.25, 0.3) is 0 Å². The van der Waals surface area contributed by atoms with Gasteiger partial charge < -0.3 is 19.7 Å². The molecule has 6 nitrogen and oxygen atoms in total. The number of hydrogen-bond donors (Lipinski definition) is 1. The van der Waals surface area contributed by atoms with Gasteiger partial charge in [0.15, 0.2) is 0 Å². The summed E-state index contributed by atoms with van der Waals surface area (Å²) in [7, 11) is 0. The van der Waals surface area contributed by atoms with Gasteiger partial charge in [0.25, 0.3) is 0 Å². The maximum absolute atomic E-state index is 12.7. The van der Waals surface area contributed by atoms with Crippen LogP contribution in [-0.2, 0) is 14.3 Å². The summed E-state index contributed by atoms with van der Waals surface area (Å²) in [5, 5.41) is 2.87. The second-order valence-corrected chi connectivity index (χ2v) is 6.63. The third-order valence-corrected chi connectivity index (χ3v) is 4.38. The molecule has 1 aliphatic heterocycles. The molecule has 1 aromatic rings. The molecule has 3 rings (SSSR count). The van der Waals surface area contributed by atoms with E-state index >= 15 is 0 Å². The summed E-state index contributed by atoms with van der Waals surface area (Å²) in [6.45, 7) is 6.14. The quantitative estimate of drug-likeness (QED) is 0.838. The molecule has 1 N–H and O–H groups in total. The summed E-state index contributed by atoms with van der Waals surface area (Å²) >= 11 is 0. The molecule has 0 aromatic heterocycles. The lowest BCUT2D eigenvalue weighted by molar-refractivity contribution is -0.145. The maximum atomic E-state index is 12.7.